The third kappa shape index (κ3) is 6.24. The third-order valence-electron chi connectivity index (χ3n) is 4.64. The van der Waals surface area contributed by atoms with E-state index in [0.29, 0.717) is 12.5 Å². The molecule has 0 spiro atoms. The van der Waals surface area contributed by atoms with Gasteiger partial charge in [0.25, 0.3) is 0 Å². The quantitative estimate of drug-likeness (QED) is 0.800. The lowest BCUT2D eigenvalue weighted by Crippen LogP contribution is -2.35. The molecular weight excluding hydrogens is 344 g/mol. The van der Waals surface area contributed by atoms with Crippen molar-refractivity contribution in [3.05, 3.63) is 30.1 Å². The zero-order chi connectivity index (χ0) is 19.3. The molecule has 1 aromatic heterocycles. The summed E-state index contributed by atoms with van der Waals surface area (Å²) in [5.41, 5.74) is 0.553. The molecular formula is C21H30N2O4. The summed E-state index contributed by atoms with van der Waals surface area (Å²) in [6, 6.07) is 2.01. The highest BCUT2D eigenvalue weighted by molar-refractivity contribution is 5.68. The van der Waals surface area contributed by atoms with Crippen LogP contribution in [0.1, 0.15) is 45.6 Å². The Balaban J connectivity index is 1.52. The Morgan fingerprint density at radius 1 is 1.26 bits per heavy atom. The topological polar surface area (TPSA) is 60.9 Å². The second-order valence-electron chi connectivity index (χ2n) is 8.22. The number of hydrogen-bond donors (Lipinski definition) is 0. The zero-order valence-electron chi connectivity index (χ0n) is 16.5. The summed E-state index contributed by atoms with van der Waals surface area (Å²) in [6.07, 6.45) is 10.6. The molecule has 3 heterocycles. The predicted octanol–water partition coefficient (Wildman–Crippen LogP) is 3.91. The van der Waals surface area contributed by atoms with Crippen molar-refractivity contribution in [3.8, 4) is 5.75 Å². The molecule has 2 saturated heterocycles. The molecule has 0 aliphatic carbocycles. The van der Waals surface area contributed by atoms with Gasteiger partial charge in [-0.1, -0.05) is 12.2 Å². The number of aromatic nitrogens is 1. The van der Waals surface area contributed by atoms with Crippen LogP contribution in [0.15, 0.2) is 24.5 Å². The van der Waals surface area contributed by atoms with E-state index in [1.165, 1.54) is 0 Å². The van der Waals surface area contributed by atoms with E-state index in [1.807, 2.05) is 33.0 Å². The maximum absolute atomic E-state index is 12.2. The molecule has 2 aliphatic rings. The maximum atomic E-state index is 12.2. The van der Waals surface area contributed by atoms with Gasteiger partial charge in [0.1, 0.15) is 17.5 Å². The minimum Gasteiger partial charge on any atom is -0.489 e. The average Bonchev–Trinajstić information content (AvgIpc) is 3.09. The maximum Gasteiger partial charge on any atom is 0.410 e. The number of pyridine rings is 1. The van der Waals surface area contributed by atoms with E-state index in [4.69, 9.17) is 14.2 Å². The smallest absolute Gasteiger partial charge is 0.410 e. The van der Waals surface area contributed by atoms with Crippen LogP contribution in [0.3, 0.4) is 0 Å². The zero-order valence-corrected chi connectivity index (χ0v) is 16.5. The second kappa shape index (κ2) is 8.74. The van der Waals surface area contributed by atoms with Crippen molar-refractivity contribution in [2.45, 2.75) is 51.7 Å². The number of carbonyl (C=O) groups is 1. The first-order valence-corrected chi connectivity index (χ1v) is 9.75. The molecule has 3 rings (SSSR count). The van der Waals surface area contributed by atoms with Crippen molar-refractivity contribution in [2.24, 2.45) is 5.92 Å². The van der Waals surface area contributed by atoms with Gasteiger partial charge in [-0.15, -0.1) is 0 Å². The van der Waals surface area contributed by atoms with E-state index < -0.39 is 5.60 Å². The van der Waals surface area contributed by atoms with E-state index in [2.05, 4.69) is 17.1 Å². The molecule has 0 saturated carbocycles. The SMILES string of the molecule is CC(C)(C)OC(=O)N1CC[C@H](/C=C\c2cncc(OC3CCOCC3)c2)C1. The fourth-order valence-electron chi connectivity index (χ4n) is 3.26. The Hall–Kier alpha value is -2.08. The number of nitrogens with zero attached hydrogens (tertiary/aromatic N) is 2. The monoisotopic (exact) mass is 374 g/mol. The highest BCUT2D eigenvalue weighted by Gasteiger charge is 2.28. The Bertz CT molecular complexity index is 662. The van der Waals surface area contributed by atoms with Gasteiger partial charge in [0.2, 0.25) is 0 Å². The lowest BCUT2D eigenvalue weighted by molar-refractivity contribution is 0.0253. The summed E-state index contributed by atoms with van der Waals surface area (Å²) in [5, 5.41) is 0. The van der Waals surface area contributed by atoms with Crippen molar-refractivity contribution in [3.63, 3.8) is 0 Å². The van der Waals surface area contributed by atoms with Gasteiger partial charge in [-0.3, -0.25) is 4.98 Å². The number of likely N-dealkylation sites (tertiary alicyclic amines) is 1. The molecule has 1 aromatic rings. The van der Waals surface area contributed by atoms with Crippen LogP contribution in [-0.4, -0.2) is 54.0 Å². The summed E-state index contributed by atoms with van der Waals surface area (Å²) in [7, 11) is 0. The van der Waals surface area contributed by atoms with Crippen LogP contribution in [0.2, 0.25) is 0 Å². The lowest BCUT2D eigenvalue weighted by Gasteiger charge is -2.24. The molecule has 148 valence electrons. The fraction of sp³-hybridized carbons (Fsp3) is 0.619. The molecule has 6 nitrogen and oxygen atoms in total. The molecule has 27 heavy (non-hydrogen) atoms. The molecule has 1 atom stereocenters. The van der Waals surface area contributed by atoms with Crippen molar-refractivity contribution in [1.29, 1.82) is 0 Å². The Morgan fingerprint density at radius 2 is 2.04 bits per heavy atom. The minimum absolute atomic E-state index is 0.206. The minimum atomic E-state index is -0.457. The van der Waals surface area contributed by atoms with Gasteiger partial charge in [-0.05, 0) is 44.7 Å². The molecule has 0 N–H and O–H groups in total. The van der Waals surface area contributed by atoms with Gasteiger partial charge in [-0.25, -0.2) is 4.79 Å². The first kappa shape index (κ1) is 19.7. The number of ether oxygens (including phenoxy) is 3. The number of amides is 1. The first-order chi connectivity index (χ1) is 12.9. The van der Waals surface area contributed by atoms with E-state index in [1.54, 1.807) is 11.1 Å². The molecule has 0 aromatic carbocycles. The van der Waals surface area contributed by atoms with Crippen molar-refractivity contribution >= 4 is 12.2 Å². The predicted molar refractivity (Wildman–Crippen MR) is 104 cm³/mol. The molecule has 2 aliphatic heterocycles. The fourth-order valence-corrected chi connectivity index (χ4v) is 3.26. The average molecular weight is 374 g/mol. The molecule has 2 fully saturated rings. The highest BCUT2D eigenvalue weighted by atomic mass is 16.6. The standard InChI is InChI=1S/C21H30N2O4/c1-21(2,3)27-20(24)23-9-6-16(15-23)4-5-17-12-19(14-22-13-17)26-18-7-10-25-11-8-18/h4-5,12-14,16,18H,6-11,15H2,1-3H3/b5-4-/t16-/m0/s1. The number of carbonyl (C=O) groups excluding carboxylic acids is 1. The van der Waals surface area contributed by atoms with E-state index in [0.717, 1.165) is 50.3 Å². The van der Waals surface area contributed by atoms with Gasteiger partial charge in [0.15, 0.2) is 0 Å². The van der Waals surface area contributed by atoms with Gasteiger partial charge in [0, 0.05) is 32.1 Å². The Morgan fingerprint density at radius 3 is 2.78 bits per heavy atom. The van der Waals surface area contributed by atoms with Crippen LogP contribution in [-0.2, 0) is 9.47 Å². The van der Waals surface area contributed by atoms with Gasteiger partial charge in [-0.2, -0.15) is 0 Å². The van der Waals surface area contributed by atoms with Crippen LogP contribution in [0.4, 0.5) is 4.79 Å². The third-order valence-corrected chi connectivity index (χ3v) is 4.64. The molecule has 0 radical (unpaired) electrons. The van der Waals surface area contributed by atoms with E-state index in [9.17, 15) is 4.79 Å². The van der Waals surface area contributed by atoms with E-state index >= 15 is 0 Å². The van der Waals surface area contributed by atoms with Gasteiger partial charge in [0.05, 0.1) is 19.4 Å². The lowest BCUT2D eigenvalue weighted by atomic mass is 10.1. The van der Waals surface area contributed by atoms with Gasteiger partial charge < -0.3 is 19.1 Å². The van der Waals surface area contributed by atoms with Crippen molar-refractivity contribution in [2.75, 3.05) is 26.3 Å². The molecule has 0 bridgehead atoms. The Kier molecular flexibility index (Phi) is 6.37. The van der Waals surface area contributed by atoms with Crippen LogP contribution in [0.5, 0.6) is 5.75 Å². The normalized spacial score (nSPS) is 21.6. The van der Waals surface area contributed by atoms with Crippen LogP contribution < -0.4 is 4.74 Å². The summed E-state index contributed by atoms with van der Waals surface area (Å²) in [4.78, 5) is 18.2. The number of rotatable bonds is 4. The molecule has 6 heteroatoms. The van der Waals surface area contributed by atoms with Crippen LogP contribution in [0, 0.1) is 5.92 Å². The van der Waals surface area contributed by atoms with Crippen LogP contribution >= 0.6 is 0 Å². The molecule has 1 amide bonds. The van der Waals surface area contributed by atoms with Crippen molar-refractivity contribution in [1.82, 2.24) is 9.88 Å². The van der Waals surface area contributed by atoms with E-state index in [-0.39, 0.29) is 12.2 Å². The van der Waals surface area contributed by atoms with Gasteiger partial charge >= 0.3 is 6.09 Å². The Labute approximate surface area is 161 Å². The first-order valence-electron chi connectivity index (χ1n) is 9.75. The summed E-state index contributed by atoms with van der Waals surface area (Å²) in [6.45, 7) is 8.61. The molecule has 0 unspecified atom stereocenters. The second-order valence-corrected chi connectivity index (χ2v) is 8.22. The number of hydrogen-bond acceptors (Lipinski definition) is 5. The summed E-state index contributed by atoms with van der Waals surface area (Å²) >= 11 is 0. The van der Waals surface area contributed by atoms with Crippen molar-refractivity contribution < 1.29 is 19.0 Å². The van der Waals surface area contributed by atoms with Crippen LogP contribution in [0.25, 0.3) is 6.08 Å². The highest BCUT2D eigenvalue weighted by Crippen LogP contribution is 2.23. The largest absolute Gasteiger partial charge is 0.489 e. The summed E-state index contributed by atoms with van der Waals surface area (Å²) < 4.78 is 16.8. The summed E-state index contributed by atoms with van der Waals surface area (Å²) in [5.74, 6) is 1.13.